The maximum atomic E-state index is 14.2. The zero-order valence-corrected chi connectivity index (χ0v) is 25.0. The predicted octanol–water partition coefficient (Wildman–Crippen LogP) is 6.11. The third-order valence-corrected chi connectivity index (χ3v) is 9.49. The molecule has 2 aromatic heterocycles. The molecule has 7 rings (SSSR count). The number of halogens is 3. The molecule has 0 bridgehead atoms. The summed E-state index contributed by atoms with van der Waals surface area (Å²) < 4.78 is 42.6. The first kappa shape index (κ1) is 29.5. The first-order valence-electron chi connectivity index (χ1n) is 15.4. The topological polar surface area (TPSA) is 97.4 Å². The maximum absolute atomic E-state index is 14.2. The van der Waals surface area contributed by atoms with E-state index in [4.69, 9.17) is 4.98 Å². The molecule has 45 heavy (non-hydrogen) atoms. The average molecular weight is 617 g/mol. The van der Waals surface area contributed by atoms with E-state index in [2.05, 4.69) is 20.4 Å². The number of aryl methyl sites for hydroxylation is 1. The molecule has 4 aromatic rings. The summed E-state index contributed by atoms with van der Waals surface area (Å²) in [5.74, 6) is -0.589. The fourth-order valence-electron chi connectivity index (χ4n) is 6.98. The van der Waals surface area contributed by atoms with Crippen LogP contribution in [0.4, 0.5) is 18.9 Å². The van der Waals surface area contributed by atoms with E-state index < -0.39 is 17.7 Å². The number of aromatic amines is 1. The molecule has 0 radical (unpaired) electrons. The van der Waals surface area contributed by atoms with Crippen LogP contribution in [0.1, 0.15) is 46.7 Å². The molecule has 1 aliphatic heterocycles. The number of aromatic nitrogens is 3. The van der Waals surface area contributed by atoms with Gasteiger partial charge in [0.2, 0.25) is 5.91 Å². The van der Waals surface area contributed by atoms with Crippen LogP contribution in [-0.4, -0.2) is 69.2 Å². The van der Waals surface area contributed by atoms with Crippen molar-refractivity contribution in [1.82, 2.24) is 25.0 Å². The van der Waals surface area contributed by atoms with Crippen LogP contribution in [0.2, 0.25) is 0 Å². The third-order valence-electron chi connectivity index (χ3n) is 9.49. The van der Waals surface area contributed by atoms with E-state index in [0.29, 0.717) is 38.8 Å². The average Bonchev–Trinajstić information content (AvgIpc) is 3.51. The number of benzene rings is 2. The molecule has 234 valence electrons. The summed E-state index contributed by atoms with van der Waals surface area (Å²) in [6.07, 6.45) is 4.81. The Labute approximate surface area is 258 Å². The summed E-state index contributed by atoms with van der Waals surface area (Å²) in [7, 11) is 2.01. The van der Waals surface area contributed by atoms with Crippen molar-refractivity contribution in [1.29, 1.82) is 0 Å². The Balaban J connectivity index is 1.17. The van der Waals surface area contributed by atoms with E-state index in [0.717, 1.165) is 57.8 Å². The monoisotopic (exact) mass is 616 g/mol. The highest BCUT2D eigenvalue weighted by molar-refractivity contribution is 6.07. The first-order valence-corrected chi connectivity index (χ1v) is 15.4. The number of aliphatic hydroxyl groups is 1. The minimum atomic E-state index is -4.54. The Bertz CT molecular complexity index is 1840. The lowest BCUT2D eigenvalue weighted by Gasteiger charge is -2.33. The predicted molar refractivity (Wildman–Crippen MR) is 167 cm³/mol. The van der Waals surface area contributed by atoms with Crippen LogP contribution in [0.15, 0.2) is 60.5 Å². The lowest BCUT2D eigenvalue weighted by atomic mass is 9.78. The van der Waals surface area contributed by atoms with Crippen molar-refractivity contribution in [2.24, 2.45) is 5.92 Å². The third kappa shape index (κ3) is 5.82. The van der Waals surface area contributed by atoms with Gasteiger partial charge in [-0.05, 0) is 85.8 Å². The summed E-state index contributed by atoms with van der Waals surface area (Å²) in [6, 6.07) is 8.08. The fraction of sp³-hybridized carbons (Fsp3) is 0.382. The smallest absolute Gasteiger partial charge is 0.416 e. The minimum absolute atomic E-state index is 0.0666. The lowest BCUT2D eigenvalue weighted by Crippen LogP contribution is -2.44. The van der Waals surface area contributed by atoms with Crippen molar-refractivity contribution in [3.8, 4) is 0 Å². The molecule has 2 aliphatic carbocycles. The normalized spacial score (nSPS) is 21.2. The van der Waals surface area contributed by atoms with E-state index in [-0.39, 0.29) is 35.4 Å². The summed E-state index contributed by atoms with van der Waals surface area (Å²) in [4.78, 5) is 22.9. The molecule has 0 spiro atoms. The Morgan fingerprint density at radius 3 is 2.71 bits per heavy atom. The number of allylic oxidation sites excluding steroid dienone is 3. The Morgan fingerprint density at radius 2 is 1.96 bits per heavy atom. The molecule has 3 aliphatic rings. The van der Waals surface area contributed by atoms with Gasteiger partial charge in [0.15, 0.2) is 0 Å². The molecule has 8 nitrogen and oxygen atoms in total. The number of rotatable bonds is 5. The number of nitrogens with one attached hydrogen (secondary N) is 2. The van der Waals surface area contributed by atoms with E-state index in [1.165, 1.54) is 6.07 Å². The van der Waals surface area contributed by atoms with Gasteiger partial charge in [0, 0.05) is 61.0 Å². The van der Waals surface area contributed by atoms with E-state index in [1.807, 2.05) is 30.2 Å². The van der Waals surface area contributed by atoms with Gasteiger partial charge < -0.3 is 15.3 Å². The number of hydrogen-bond donors (Lipinski definition) is 3. The second-order valence-electron chi connectivity index (χ2n) is 12.5. The van der Waals surface area contributed by atoms with Crippen LogP contribution in [0.5, 0.6) is 0 Å². The van der Waals surface area contributed by atoms with Crippen molar-refractivity contribution in [3.05, 3.63) is 88.5 Å². The van der Waals surface area contributed by atoms with Gasteiger partial charge in [-0.15, -0.1) is 0 Å². The number of carbonyl (C=O) groups excluding carboxylic acids is 1. The molecule has 3 heterocycles. The Morgan fingerprint density at radius 1 is 1.13 bits per heavy atom. The largest absolute Gasteiger partial charge is 0.508 e. The second-order valence-corrected chi connectivity index (χ2v) is 12.5. The fourth-order valence-corrected chi connectivity index (χ4v) is 6.98. The standard InChI is InChI=1S/C34H35F3N6O2/c1-42-12-14-43(15-13-42)19-22-2-6-23(17-28(22)34(35,36)37)39-33(45)21-5-9-25-26(16-21)32(20-3-7-24(44)8-4-20)40-30-11-10-29-27(31(25)30)18-38-41-29/h2-3,6-8,10-11,17-18,20-21,44H,4-5,9,12-16,19H2,1H3,(H,38,41)(H,39,45). The van der Waals surface area contributed by atoms with E-state index in [1.54, 1.807) is 24.4 Å². The number of carbonyl (C=O) groups is 1. The number of nitrogens with zero attached hydrogens (tertiary/aromatic N) is 4. The zero-order valence-electron chi connectivity index (χ0n) is 25.0. The number of alkyl halides is 3. The van der Waals surface area contributed by atoms with Crippen LogP contribution in [0.3, 0.4) is 0 Å². The van der Waals surface area contributed by atoms with Crippen LogP contribution < -0.4 is 5.32 Å². The first-order chi connectivity index (χ1) is 21.6. The molecule has 0 saturated carbocycles. The summed E-state index contributed by atoms with van der Waals surface area (Å²) in [5, 5.41) is 22.0. The van der Waals surface area contributed by atoms with Crippen molar-refractivity contribution in [2.75, 3.05) is 38.5 Å². The van der Waals surface area contributed by atoms with Crippen LogP contribution in [-0.2, 0) is 30.4 Å². The van der Waals surface area contributed by atoms with Crippen LogP contribution >= 0.6 is 0 Å². The van der Waals surface area contributed by atoms with Crippen molar-refractivity contribution >= 4 is 33.4 Å². The molecule has 2 atom stereocenters. The van der Waals surface area contributed by atoms with Gasteiger partial charge >= 0.3 is 6.18 Å². The molecule has 3 N–H and O–H groups in total. The molecular weight excluding hydrogens is 581 g/mol. The number of H-pyrrole nitrogens is 1. The molecule has 11 heteroatoms. The lowest BCUT2D eigenvalue weighted by molar-refractivity contribution is -0.138. The minimum Gasteiger partial charge on any atom is -0.508 e. The van der Waals surface area contributed by atoms with Crippen LogP contribution in [0, 0.1) is 5.92 Å². The number of pyridine rings is 1. The number of anilines is 1. The van der Waals surface area contributed by atoms with Crippen LogP contribution in [0.25, 0.3) is 21.8 Å². The van der Waals surface area contributed by atoms with Gasteiger partial charge in [-0.2, -0.15) is 18.3 Å². The zero-order chi connectivity index (χ0) is 31.3. The number of hydrogen-bond acceptors (Lipinski definition) is 6. The number of likely N-dealkylation sites (N-methyl/N-ethyl adjacent to an activating group) is 1. The molecule has 1 saturated heterocycles. The highest BCUT2D eigenvalue weighted by Crippen LogP contribution is 2.41. The molecule has 2 aromatic carbocycles. The van der Waals surface area contributed by atoms with Gasteiger partial charge in [-0.3, -0.25) is 19.8 Å². The van der Waals surface area contributed by atoms with Crippen molar-refractivity contribution in [2.45, 2.75) is 44.3 Å². The molecule has 2 unspecified atom stereocenters. The number of piperazine rings is 1. The van der Waals surface area contributed by atoms with Gasteiger partial charge in [0.05, 0.1) is 28.5 Å². The highest BCUT2D eigenvalue weighted by atomic mass is 19.4. The second kappa shape index (κ2) is 11.6. The molecular formula is C34H35F3N6O2. The number of aliphatic hydroxyl groups excluding tert-OH is 1. The maximum Gasteiger partial charge on any atom is 0.416 e. The summed E-state index contributed by atoms with van der Waals surface area (Å²) >= 11 is 0. The SMILES string of the molecule is CN1CCN(Cc2ccc(NC(=O)C3CCc4c(c(C5C=CC(O)=CC5)nc5ccc6[nH]ncc6c45)C3)cc2C(F)(F)F)CC1. The van der Waals surface area contributed by atoms with Crippen molar-refractivity contribution < 1.29 is 23.1 Å². The van der Waals surface area contributed by atoms with E-state index >= 15 is 0 Å². The quantitative estimate of drug-likeness (QED) is 0.251. The van der Waals surface area contributed by atoms with Crippen molar-refractivity contribution in [3.63, 3.8) is 0 Å². The highest BCUT2D eigenvalue weighted by Gasteiger charge is 2.35. The number of amides is 1. The van der Waals surface area contributed by atoms with Gasteiger partial charge in [0.25, 0.3) is 0 Å². The summed E-state index contributed by atoms with van der Waals surface area (Å²) in [6.45, 7) is 3.27. The van der Waals surface area contributed by atoms with Gasteiger partial charge in [0.1, 0.15) is 5.76 Å². The Hall–Kier alpha value is -4.22. The molecule has 1 fully saturated rings. The van der Waals surface area contributed by atoms with E-state index in [9.17, 15) is 23.1 Å². The van der Waals surface area contributed by atoms with Gasteiger partial charge in [-0.1, -0.05) is 12.1 Å². The Kier molecular flexibility index (Phi) is 7.61. The number of fused-ring (bicyclic) bond motifs is 5. The van der Waals surface area contributed by atoms with Gasteiger partial charge in [-0.25, -0.2) is 0 Å². The molecule has 1 amide bonds. The summed E-state index contributed by atoms with van der Waals surface area (Å²) in [5.41, 5.74) is 4.39.